The van der Waals surface area contributed by atoms with Crippen LogP contribution in [0.25, 0.3) is 0 Å². The summed E-state index contributed by atoms with van der Waals surface area (Å²) in [5.41, 5.74) is 1.74. The van der Waals surface area contributed by atoms with E-state index < -0.39 is 17.2 Å². The molecule has 1 aliphatic rings. The highest BCUT2D eigenvalue weighted by Gasteiger charge is 2.28. The van der Waals surface area contributed by atoms with Crippen LogP contribution < -0.4 is 0 Å². The summed E-state index contributed by atoms with van der Waals surface area (Å²) in [5.74, 6) is 0.407. The SMILES string of the molecule is C=P(Cc1csc(CC(=O)[C@H](CC2CCCC2)c2ccc(S(C)(=O)=O)cc2)n1)(OCC)OCC. The van der Waals surface area contributed by atoms with Crippen molar-refractivity contribution in [2.45, 2.75) is 69.3 Å². The molecule has 0 amide bonds. The average Bonchev–Trinajstić information content (AvgIpc) is 3.43. The molecular weight excluding hydrogens is 489 g/mol. The van der Waals surface area contributed by atoms with E-state index in [4.69, 9.17) is 14.0 Å². The normalized spacial score (nSPS) is 16.1. The third-order valence-electron chi connectivity index (χ3n) is 6.20. The topological polar surface area (TPSA) is 82.6 Å². The van der Waals surface area contributed by atoms with Crippen molar-refractivity contribution in [2.75, 3.05) is 19.5 Å². The van der Waals surface area contributed by atoms with Gasteiger partial charge in [-0.1, -0.05) is 44.1 Å². The number of carbonyl (C=O) groups excluding carboxylic acids is 1. The zero-order valence-corrected chi connectivity index (χ0v) is 22.9. The quantitative estimate of drug-likeness (QED) is 0.304. The highest BCUT2D eigenvalue weighted by molar-refractivity contribution is 7.90. The number of hydrogen-bond acceptors (Lipinski definition) is 7. The van der Waals surface area contributed by atoms with Crippen LogP contribution in [-0.4, -0.2) is 45.0 Å². The van der Waals surface area contributed by atoms with E-state index >= 15 is 0 Å². The van der Waals surface area contributed by atoms with E-state index in [1.165, 1.54) is 30.4 Å². The molecule has 1 aliphatic carbocycles. The van der Waals surface area contributed by atoms with Gasteiger partial charge in [0.1, 0.15) is 18.1 Å². The molecule has 1 fully saturated rings. The zero-order valence-electron chi connectivity index (χ0n) is 20.4. The minimum absolute atomic E-state index is 0.130. The van der Waals surface area contributed by atoms with Crippen LogP contribution in [0, 0.1) is 5.92 Å². The highest BCUT2D eigenvalue weighted by atomic mass is 32.2. The molecule has 0 N–H and O–H groups in total. The van der Waals surface area contributed by atoms with Crippen LogP contribution in [0.3, 0.4) is 0 Å². The first-order valence-corrected chi connectivity index (χ1v) is 16.7. The van der Waals surface area contributed by atoms with Crippen molar-refractivity contribution < 1.29 is 22.3 Å². The minimum Gasteiger partial charge on any atom is -0.337 e. The predicted molar refractivity (Wildman–Crippen MR) is 141 cm³/mol. The second-order valence-corrected chi connectivity index (χ2v) is 14.4. The van der Waals surface area contributed by atoms with Gasteiger partial charge in [-0.3, -0.25) is 4.79 Å². The summed E-state index contributed by atoms with van der Waals surface area (Å²) in [6.07, 6.45) is 11.7. The van der Waals surface area contributed by atoms with Gasteiger partial charge in [-0.2, -0.15) is 0 Å². The first-order chi connectivity index (χ1) is 16.1. The van der Waals surface area contributed by atoms with Crippen LogP contribution in [-0.2, 0) is 36.3 Å². The molecule has 0 radical (unpaired) electrons. The van der Waals surface area contributed by atoms with E-state index in [0.29, 0.717) is 25.3 Å². The van der Waals surface area contributed by atoms with Crippen LogP contribution in [0.2, 0.25) is 0 Å². The average molecular weight is 526 g/mol. The predicted octanol–water partition coefficient (Wildman–Crippen LogP) is 5.87. The number of hydrogen-bond donors (Lipinski definition) is 0. The summed E-state index contributed by atoms with van der Waals surface area (Å²) in [6, 6.07) is 6.82. The third kappa shape index (κ3) is 7.59. The lowest BCUT2D eigenvalue weighted by molar-refractivity contribution is -0.120. The molecule has 0 bridgehead atoms. The Morgan fingerprint density at radius 1 is 1.18 bits per heavy atom. The van der Waals surface area contributed by atoms with Crippen molar-refractivity contribution in [1.82, 2.24) is 4.98 Å². The Balaban J connectivity index is 1.76. The van der Waals surface area contributed by atoms with Crippen LogP contribution in [0.15, 0.2) is 34.5 Å². The number of Topliss-reactive ketones (excluding diaryl/α,β-unsaturated/α-hetero) is 1. The van der Waals surface area contributed by atoms with Crippen molar-refractivity contribution in [2.24, 2.45) is 5.92 Å². The zero-order chi connectivity index (χ0) is 24.8. The van der Waals surface area contributed by atoms with E-state index in [-0.39, 0.29) is 23.0 Å². The fourth-order valence-corrected chi connectivity index (χ4v) is 8.01. The Morgan fingerprint density at radius 3 is 2.35 bits per heavy atom. The van der Waals surface area contributed by atoms with Crippen molar-refractivity contribution in [3.8, 4) is 0 Å². The first kappa shape index (κ1) is 27.3. The van der Waals surface area contributed by atoms with Crippen molar-refractivity contribution in [3.63, 3.8) is 0 Å². The number of benzene rings is 1. The van der Waals surface area contributed by atoms with Gasteiger partial charge in [0.05, 0.1) is 36.4 Å². The van der Waals surface area contributed by atoms with E-state index in [0.717, 1.165) is 35.5 Å². The van der Waals surface area contributed by atoms with E-state index in [1.54, 1.807) is 24.3 Å². The number of carbonyl (C=O) groups is 1. The summed E-state index contributed by atoms with van der Waals surface area (Å²) in [7, 11) is -5.53. The van der Waals surface area contributed by atoms with E-state index in [9.17, 15) is 13.2 Å². The third-order valence-corrected chi connectivity index (χ3v) is 10.5. The Bertz CT molecular complexity index is 1090. The van der Waals surface area contributed by atoms with Gasteiger partial charge in [-0.25, -0.2) is 13.4 Å². The lowest BCUT2D eigenvalue weighted by Crippen LogP contribution is -2.18. The summed E-state index contributed by atoms with van der Waals surface area (Å²) >= 11 is 1.48. The Hall–Kier alpha value is -1.31. The van der Waals surface area contributed by atoms with Crippen LogP contribution in [0.4, 0.5) is 0 Å². The summed E-state index contributed by atoms with van der Waals surface area (Å²) in [6.45, 7) is 4.93. The summed E-state index contributed by atoms with van der Waals surface area (Å²) in [5, 5.41) is 2.75. The van der Waals surface area contributed by atoms with E-state index in [1.807, 2.05) is 19.2 Å². The van der Waals surface area contributed by atoms with Gasteiger partial charge >= 0.3 is 0 Å². The Labute approximate surface area is 208 Å². The number of ketones is 1. The van der Waals surface area contributed by atoms with E-state index in [2.05, 4.69) is 6.30 Å². The maximum atomic E-state index is 13.5. The largest absolute Gasteiger partial charge is 0.337 e. The maximum Gasteiger partial charge on any atom is 0.175 e. The monoisotopic (exact) mass is 525 g/mol. The standard InChI is InChI=1S/C25H36NO5PS2/c1-5-30-32(3,31-6-2)17-21-18-33-25(26-21)16-24(27)23(15-19-9-7-8-10-19)20-11-13-22(14-12-20)34(4,28)29/h11-14,18-19,23H,3,5-10,15-17H2,1-2,4H3/t23-/m1/s1. The van der Waals surface area contributed by atoms with Gasteiger partial charge in [0, 0.05) is 17.6 Å². The molecule has 34 heavy (non-hydrogen) atoms. The fourth-order valence-electron chi connectivity index (χ4n) is 4.60. The number of rotatable bonds is 13. The van der Waals surface area contributed by atoms with Crippen LogP contribution >= 0.6 is 18.7 Å². The lowest BCUT2D eigenvalue weighted by Gasteiger charge is -2.22. The molecule has 9 heteroatoms. The molecule has 0 unspecified atom stereocenters. The maximum absolute atomic E-state index is 13.5. The molecule has 1 heterocycles. The summed E-state index contributed by atoms with van der Waals surface area (Å²) in [4.78, 5) is 18.5. The van der Waals surface area contributed by atoms with Gasteiger partial charge in [-0.05, 0) is 43.9 Å². The molecule has 1 saturated carbocycles. The molecule has 3 rings (SSSR count). The molecule has 2 aromatic rings. The van der Waals surface area contributed by atoms with Gasteiger partial charge in [0.15, 0.2) is 9.84 Å². The fraction of sp³-hybridized carbons (Fsp3) is 0.560. The molecule has 0 aliphatic heterocycles. The van der Waals surface area contributed by atoms with Gasteiger partial charge < -0.3 is 9.05 Å². The van der Waals surface area contributed by atoms with Crippen molar-refractivity contribution >= 4 is 40.6 Å². The first-order valence-electron chi connectivity index (χ1n) is 11.9. The van der Waals surface area contributed by atoms with Gasteiger partial charge in [0.2, 0.25) is 0 Å². The molecular formula is C25H36NO5PS2. The lowest BCUT2D eigenvalue weighted by atomic mass is 9.84. The number of nitrogens with zero attached hydrogens (tertiary/aromatic N) is 1. The molecule has 0 saturated heterocycles. The number of thiazole rings is 1. The second-order valence-electron chi connectivity index (χ2n) is 8.96. The molecule has 0 spiro atoms. The van der Waals surface area contributed by atoms with Crippen LogP contribution in [0.1, 0.15) is 68.1 Å². The highest BCUT2D eigenvalue weighted by Crippen LogP contribution is 2.50. The van der Waals surface area contributed by atoms with Crippen LogP contribution in [0.5, 0.6) is 0 Å². The number of sulfone groups is 1. The minimum atomic E-state index is -3.27. The van der Waals surface area contributed by atoms with Gasteiger partial charge in [0.25, 0.3) is 0 Å². The molecule has 1 aromatic carbocycles. The molecule has 1 atom stereocenters. The molecule has 188 valence electrons. The second kappa shape index (κ2) is 12.1. The van der Waals surface area contributed by atoms with Crippen molar-refractivity contribution in [1.29, 1.82) is 0 Å². The van der Waals surface area contributed by atoms with Crippen molar-refractivity contribution in [3.05, 3.63) is 45.9 Å². The number of aromatic nitrogens is 1. The summed E-state index contributed by atoms with van der Waals surface area (Å²) < 4.78 is 35.3. The smallest absolute Gasteiger partial charge is 0.175 e. The molecule has 6 nitrogen and oxygen atoms in total. The molecule has 1 aromatic heterocycles. The Kier molecular flexibility index (Phi) is 9.70. The van der Waals surface area contributed by atoms with Gasteiger partial charge in [-0.15, -0.1) is 11.3 Å². The Morgan fingerprint density at radius 2 is 1.79 bits per heavy atom.